The molecule has 0 aromatic heterocycles. The fourth-order valence-electron chi connectivity index (χ4n) is 3.01. The molecule has 0 aliphatic rings. The number of hydrogen-bond donors (Lipinski definition) is 0. The summed E-state index contributed by atoms with van der Waals surface area (Å²) in [4.78, 5) is 0. The molecular formula is C20H50O13Si4. The Kier molecular flexibility index (Phi) is 20.4. The molecule has 0 aliphatic heterocycles. The van der Waals surface area contributed by atoms with Crippen molar-refractivity contribution in [3.8, 4) is 0 Å². The third-order valence-corrected chi connectivity index (χ3v) is 16.4. The van der Waals surface area contributed by atoms with Crippen molar-refractivity contribution in [2.24, 2.45) is 0 Å². The predicted octanol–water partition coefficient (Wildman–Crippen LogP) is 3.14. The SMILES string of the molecule is CCO[Si](OCC)(OCC)O[Si](OCC)(OCC)O[Si](OCC)(OCC)O[Si](OCC)(OCC)OCC. The highest BCUT2D eigenvalue weighted by atomic mass is 28.5. The Labute approximate surface area is 228 Å². The smallest absolute Gasteiger partial charge is 0.352 e. The molecule has 0 fully saturated rings. The molecule has 13 nitrogen and oxygen atoms in total. The number of hydrogen-bond acceptors (Lipinski definition) is 13. The summed E-state index contributed by atoms with van der Waals surface area (Å²) in [7, 11) is -16.0. The molecule has 0 aromatic carbocycles. The van der Waals surface area contributed by atoms with Crippen molar-refractivity contribution >= 4 is 36.2 Å². The fourth-order valence-corrected chi connectivity index (χ4v) is 15.3. The van der Waals surface area contributed by atoms with Crippen molar-refractivity contribution in [3.05, 3.63) is 0 Å². The van der Waals surface area contributed by atoms with Crippen molar-refractivity contribution in [3.63, 3.8) is 0 Å². The Balaban J connectivity index is 6.83. The average molecular weight is 611 g/mol. The third kappa shape index (κ3) is 12.6. The Morgan fingerprint density at radius 3 is 0.541 bits per heavy atom. The summed E-state index contributed by atoms with van der Waals surface area (Å²) >= 11 is 0. The molecule has 0 spiro atoms. The van der Waals surface area contributed by atoms with E-state index in [1.54, 1.807) is 27.7 Å². The standard InChI is InChI=1S/C20H50O13Si4/c1-11-21-34(22-12-2,23-13-3)31-36(27-17-7,28-18-8)33-37(29-19-9,30-20-10)32-35(24-14-4,25-15-5)26-16-6/h11-20H2,1-10H3. The molecule has 0 unspecified atom stereocenters. The molecule has 0 aromatic rings. The van der Waals surface area contributed by atoms with Crippen LogP contribution in [0.2, 0.25) is 0 Å². The highest BCUT2D eigenvalue weighted by molar-refractivity contribution is 6.77. The number of rotatable bonds is 26. The minimum atomic E-state index is -4.19. The van der Waals surface area contributed by atoms with Gasteiger partial charge in [-0.1, -0.05) is 0 Å². The molecule has 0 rings (SSSR count). The third-order valence-electron chi connectivity index (χ3n) is 3.96. The first-order valence-electron chi connectivity index (χ1n) is 13.2. The van der Waals surface area contributed by atoms with Gasteiger partial charge >= 0.3 is 36.2 Å². The van der Waals surface area contributed by atoms with E-state index in [1.807, 2.05) is 41.5 Å². The van der Waals surface area contributed by atoms with Crippen LogP contribution in [0.1, 0.15) is 69.2 Å². The van der Waals surface area contributed by atoms with Crippen LogP contribution in [0.3, 0.4) is 0 Å². The van der Waals surface area contributed by atoms with Gasteiger partial charge < -0.3 is 56.6 Å². The van der Waals surface area contributed by atoms with E-state index >= 15 is 0 Å². The normalized spacial score (nSPS) is 13.5. The van der Waals surface area contributed by atoms with Gasteiger partial charge in [0.25, 0.3) is 0 Å². The second-order valence-electron chi connectivity index (χ2n) is 6.64. The van der Waals surface area contributed by atoms with Gasteiger partial charge in [0.1, 0.15) is 0 Å². The van der Waals surface area contributed by atoms with Crippen LogP contribution in [0.25, 0.3) is 0 Å². The van der Waals surface area contributed by atoms with Crippen molar-refractivity contribution < 1.29 is 56.6 Å². The minimum Gasteiger partial charge on any atom is -0.352 e. The Morgan fingerprint density at radius 2 is 0.378 bits per heavy atom. The van der Waals surface area contributed by atoms with E-state index < -0.39 is 36.2 Å². The molecule has 37 heavy (non-hydrogen) atoms. The highest BCUT2D eigenvalue weighted by Crippen LogP contribution is 2.30. The van der Waals surface area contributed by atoms with Gasteiger partial charge in [0.2, 0.25) is 0 Å². The molecule has 0 bridgehead atoms. The average Bonchev–Trinajstić information content (AvgIpc) is 2.80. The largest absolute Gasteiger partial charge is 0.673 e. The van der Waals surface area contributed by atoms with Crippen LogP contribution >= 0.6 is 0 Å². The van der Waals surface area contributed by atoms with Gasteiger partial charge in [-0.15, -0.1) is 0 Å². The Morgan fingerprint density at radius 1 is 0.243 bits per heavy atom. The maximum atomic E-state index is 6.51. The lowest BCUT2D eigenvalue weighted by Crippen LogP contribution is -2.70. The van der Waals surface area contributed by atoms with Crippen molar-refractivity contribution in [2.75, 3.05) is 66.1 Å². The summed E-state index contributed by atoms with van der Waals surface area (Å²) in [6, 6.07) is 0. The zero-order valence-electron chi connectivity index (χ0n) is 24.4. The van der Waals surface area contributed by atoms with Gasteiger partial charge in [0.15, 0.2) is 0 Å². The van der Waals surface area contributed by atoms with Crippen molar-refractivity contribution in [1.29, 1.82) is 0 Å². The van der Waals surface area contributed by atoms with Gasteiger partial charge in [-0.2, -0.15) is 0 Å². The summed E-state index contributed by atoms with van der Waals surface area (Å²) < 4.78 is 79.0. The Bertz CT molecular complexity index is 472. The predicted molar refractivity (Wildman–Crippen MR) is 143 cm³/mol. The van der Waals surface area contributed by atoms with Crippen LogP contribution in [-0.4, -0.2) is 102 Å². The van der Waals surface area contributed by atoms with E-state index in [2.05, 4.69) is 0 Å². The van der Waals surface area contributed by atoms with Crippen molar-refractivity contribution in [1.82, 2.24) is 0 Å². The second kappa shape index (κ2) is 20.3. The molecular weight excluding hydrogens is 561 g/mol. The minimum absolute atomic E-state index is 0.175. The van der Waals surface area contributed by atoms with E-state index in [9.17, 15) is 0 Å². The van der Waals surface area contributed by atoms with Gasteiger partial charge in [-0.3, -0.25) is 0 Å². The van der Waals surface area contributed by atoms with Crippen LogP contribution < -0.4 is 0 Å². The fraction of sp³-hybridized carbons (Fsp3) is 1.00. The molecule has 0 atom stereocenters. The molecule has 0 radical (unpaired) electrons. The quantitative estimate of drug-likeness (QED) is 0.134. The summed E-state index contributed by atoms with van der Waals surface area (Å²) in [5.74, 6) is 0. The van der Waals surface area contributed by atoms with E-state index in [1.165, 1.54) is 0 Å². The molecule has 0 aliphatic carbocycles. The van der Waals surface area contributed by atoms with E-state index in [0.717, 1.165) is 0 Å². The van der Waals surface area contributed by atoms with Crippen LogP contribution in [0.15, 0.2) is 0 Å². The monoisotopic (exact) mass is 610 g/mol. The molecule has 0 saturated carbocycles. The highest BCUT2D eigenvalue weighted by Gasteiger charge is 2.69. The van der Waals surface area contributed by atoms with Crippen LogP contribution in [0.5, 0.6) is 0 Å². The summed E-state index contributed by atoms with van der Waals surface area (Å²) in [6.45, 7) is 20.3. The lowest BCUT2D eigenvalue weighted by molar-refractivity contribution is -0.0840. The summed E-state index contributed by atoms with van der Waals surface area (Å²) in [5.41, 5.74) is 0. The lowest BCUT2D eigenvalue weighted by Gasteiger charge is -2.40. The topological polar surface area (TPSA) is 120 Å². The van der Waals surface area contributed by atoms with E-state index in [4.69, 9.17) is 56.6 Å². The molecule has 17 heteroatoms. The molecule has 0 N–H and O–H groups in total. The lowest BCUT2D eigenvalue weighted by atomic mass is 10.9. The maximum Gasteiger partial charge on any atom is 0.673 e. The molecule has 0 heterocycles. The molecule has 0 amide bonds. The molecule has 0 saturated heterocycles. The summed E-state index contributed by atoms with van der Waals surface area (Å²) in [5, 5.41) is 0. The first-order valence-corrected chi connectivity index (χ1v) is 19.8. The zero-order valence-corrected chi connectivity index (χ0v) is 28.4. The van der Waals surface area contributed by atoms with E-state index in [0.29, 0.717) is 0 Å². The van der Waals surface area contributed by atoms with Crippen LogP contribution in [-0.2, 0) is 56.6 Å². The van der Waals surface area contributed by atoms with Crippen molar-refractivity contribution in [2.45, 2.75) is 69.2 Å². The van der Waals surface area contributed by atoms with Gasteiger partial charge in [-0.05, 0) is 69.2 Å². The van der Waals surface area contributed by atoms with Gasteiger partial charge in [0.05, 0.1) is 0 Å². The first-order chi connectivity index (χ1) is 17.7. The second-order valence-corrected chi connectivity index (χ2v) is 16.0. The van der Waals surface area contributed by atoms with Gasteiger partial charge in [0, 0.05) is 66.1 Å². The van der Waals surface area contributed by atoms with Gasteiger partial charge in [-0.25, -0.2) is 0 Å². The Hall–Kier alpha value is 0.348. The van der Waals surface area contributed by atoms with Crippen LogP contribution in [0.4, 0.5) is 0 Å². The van der Waals surface area contributed by atoms with E-state index in [-0.39, 0.29) is 66.1 Å². The zero-order chi connectivity index (χ0) is 28.3. The summed E-state index contributed by atoms with van der Waals surface area (Å²) in [6.07, 6.45) is 0. The first kappa shape index (κ1) is 37.3. The van der Waals surface area contributed by atoms with Crippen LogP contribution in [0, 0.1) is 0 Å². The molecule has 224 valence electrons. The maximum absolute atomic E-state index is 6.51.